The molecule has 1 unspecified atom stereocenters. The number of amides is 1. The number of hydrogen-bond acceptors (Lipinski definition) is 2. The Morgan fingerprint density at radius 3 is 2.62 bits per heavy atom. The smallest absolute Gasteiger partial charge is 0.254 e. The number of anilines is 1. The summed E-state index contributed by atoms with van der Waals surface area (Å²) >= 11 is 5.96. The van der Waals surface area contributed by atoms with Crippen LogP contribution in [0.2, 0.25) is 5.02 Å². The van der Waals surface area contributed by atoms with E-state index < -0.39 is 5.82 Å². The zero-order valence-corrected chi connectivity index (χ0v) is 12.6. The minimum Gasteiger partial charge on any atom is -0.399 e. The Hall–Kier alpha value is -2.07. The highest BCUT2D eigenvalue weighted by Crippen LogP contribution is 2.24. The molecule has 0 saturated heterocycles. The van der Waals surface area contributed by atoms with E-state index in [4.69, 9.17) is 17.3 Å². The Bertz CT molecular complexity index is 655. The molecule has 0 aliphatic carbocycles. The first kappa shape index (κ1) is 15.3. The lowest BCUT2D eigenvalue weighted by Crippen LogP contribution is -2.29. The van der Waals surface area contributed by atoms with Crippen LogP contribution in [0.4, 0.5) is 10.1 Å². The van der Waals surface area contributed by atoms with Crippen LogP contribution < -0.4 is 5.73 Å². The van der Waals surface area contributed by atoms with Gasteiger partial charge in [-0.15, -0.1) is 0 Å². The SMILES string of the molecule is CC(c1cccc(Cl)c1)N(C)C(=O)c1cc(N)cc(F)c1. The third-order valence-corrected chi connectivity index (χ3v) is 3.63. The summed E-state index contributed by atoms with van der Waals surface area (Å²) in [5.74, 6) is -0.823. The van der Waals surface area contributed by atoms with Crippen molar-refractivity contribution in [2.24, 2.45) is 0 Å². The number of nitrogens with two attached hydrogens (primary N) is 1. The number of carbonyl (C=O) groups excluding carboxylic acids is 1. The van der Waals surface area contributed by atoms with Gasteiger partial charge < -0.3 is 10.6 Å². The van der Waals surface area contributed by atoms with E-state index >= 15 is 0 Å². The summed E-state index contributed by atoms with van der Waals surface area (Å²) in [7, 11) is 1.66. The lowest BCUT2D eigenvalue weighted by Gasteiger charge is -2.25. The molecular formula is C16H16ClFN2O. The molecule has 0 fully saturated rings. The molecule has 2 aromatic rings. The molecule has 0 bridgehead atoms. The second-order valence-corrected chi connectivity index (χ2v) is 5.36. The van der Waals surface area contributed by atoms with Gasteiger partial charge in [-0.2, -0.15) is 0 Å². The van der Waals surface area contributed by atoms with Crippen LogP contribution in [-0.4, -0.2) is 17.9 Å². The second kappa shape index (κ2) is 6.14. The van der Waals surface area contributed by atoms with E-state index in [-0.39, 0.29) is 23.2 Å². The third-order valence-electron chi connectivity index (χ3n) is 3.40. The summed E-state index contributed by atoms with van der Waals surface area (Å²) in [4.78, 5) is 13.9. The number of nitrogens with zero attached hydrogens (tertiary/aromatic N) is 1. The summed E-state index contributed by atoms with van der Waals surface area (Å²) in [5.41, 5.74) is 6.93. The van der Waals surface area contributed by atoms with Crippen molar-refractivity contribution in [1.29, 1.82) is 0 Å². The van der Waals surface area contributed by atoms with E-state index in [1.807, 2.05) is 19.1 Å². The number of carbonyl (C=O) groups is 1. The molecule has 0 aromatic heterocycles. The molecule has 0 radical (unpaired) electrons. The molecule has 2 rings (SSSR count). The van der Waals surface area contributed by atoms with Gasteiger partial charge in [-0.1, -0.05) is 23.7 Å². The highest BCUT2D eigenvalue weighted by molar-refractivity contribution is 6.30. The van der Waals surface area contributed by atoms with Gasteiger partial charge in [-0.05, 0) is 42.8 Å². The minimum absolute atomic E-state index is 0.194. The Morgan fingerprint density at radius 2 is 2.00 bits per heavy atom. The normalized spacial score (nSPS) is 12.0. The number of hydrogen-bond donors (Lipinski definition) is 1. The van der Waals surface area contributed by atoms with Gasteiger partial charge in [0.2, 0.25) is 0 Å². The van der Waals surface area contributed by atoms with E-state index in [0.717, 1.165) is 5.56 Å². The van der Waals surface area contributed by atoms with Crippen molar-refractivity contribution >= 4 is 23.2 Å². The number of benzene rings is 2. The van der Waals surface area contributed by atoms with Gasteiger partial charge in [-0.25, -0.2) is 4.39 Å². The van der Waals surface area contributed by atoms with Crippen LogP contribution in [-0.2, 0) is 0 Å². The maximum Gasteiger partial charge on any atom is 0.254 e. The van der Waals surface area contributed by atoms with Crippen LogP contribution in [0.25, 0.3) is 0 Å². The summed E-state index contributed by atoms with van der Waals surface area (Å²) in [5, 5.41) is 0.607. The summed E-state index contributed by atoms with van der Waals surface area (Å²) in [6.45, 7) is 1.88. The molecule has 2 N–H and O–H groups in total. The maximum absolute atomic E-state index is 13.4. The van der Waals surface area contributed by atoms with Crippen molar-refractivity contribution < 1.29 is 9.18 Å². The zero-order valence-electron chi connectivity index (χ0n) is 11.8. The molecule has 0 saturated carbocycles. The van der Waals surface area contributed by atoms with Crippen molar-refractivity contribution in [1.82, 2.24) is 4.90 Å². The Morgan fingerprint density at radius 1 is 1.29 bits per heavy atom. The first-order chi connectivity index (χ1) is 9.88. The maximum atomic E-state index is 13.4. The summed E-state index contributed by atoms with van der Waals surface area (Å²) in [6.07, 6.45) is 0. The first-order valence-corrected chi connectivity index (χ1v) is 6.85. The predicted octanol–water partition coefficient (Wildman–Crippen LogP) is 3.89. The molecule has 2 aromatic carbocycles. The van der Waals surface area contributed by atoms with E-state index in [2.05, 4.69) is 0 Å². The Balaban J connectivity index is 2.26. The lowest BCUT2D eigenvalue weighted by molar-refractivity contribution is 0.0742. The van der Waals surface area contributed by atoms with E-state index in [0.29, 0.717) is 5.02 Å². The summed E-state index contributed by atoms with van der Waals surface area (Å²) < 4.78 is 13.4. The van der Waals surface area contributed by atoms with Crippen LogP contribution in [0.5, 0.6) is 0 Å². The van der Waals surface area contributed by atoms with Gasteiger partial charge in [-0.3, -0.25) is 4.79 Å². The van der Waals surface area contributed by atoms with Crippen LogP contribution in [0.1, 0.15) is 28.9 Å². The Labute approximate surface area is 128 Å². The van der Waals surface area contributed by atoms with Gasteiger partial charge in [0, 0.05) is 23.3 Å². The molecule has 0 aliphatic heterocycles. The second-order valence-electron chi connectivity index (χ2n) is 4.92. The van der Waals surface area contributed by atoms with Crippen molar-refractivity contribution in [3.63, 3.8) is 0 Å². The van der Waals surface area contributed by atoms with Gasteiger partial charge >= 0.3 is 0 Å². The first-order valence-electron chi connectivity index (χ1n) is 6.47. The fourth-order valence-corrected chi connectivity index (χ4v) is 2.30. The van der Waals surface area contributed by atoms with Crippen LogP contribution >= 0.6 is 11.6 Å². The van der Waals surface area contributed by atoms with E-state index in [9.17, 15) is 9.18 Å². The van der Waals surface area contributed by atoms with Gasteiger partial charge in [0.25, 0.3) is 5.91 Å². The quantitative estimate of drug-likeness (QED) is 0.874. The van der Waals surface area contributed by atoms with Crippen molar-refractivity contribution in [2.45, 2.75) is 13.0 Å². The number of halogens is 2. The molecule has 1 atom stereocenters. The third kappa shape index (κ3) is 3.52. The highest BCUT2D eigenvalue weighted by atomic mass is 35.5. The molecule has 0 aliphatic rings. The van der Waals surface area contributed by atoms with Crippen LogP contribution in [0.15, 0.2) is 42.5 Å². The molecular weight excluding hydrogens is 291 g/mol. The largest absolute Gasteiger partial charge is 0.399 e. The molecule has 21 heavy (non-hydrogen) atoms. The molecule has 3 nitrogen and oxygen atoms in total. The average molecular weight is 307 g/mol. The topological polar surface area (TPSA) is 46.3 Å². The van der Waals surface area contributed by atoms with Crippen molar-refractivity contribution in [3.8, 4) is 0 Å². The average Bonchev–Trinajstić information content (AvgIpc) is 2.44. The highest BCUT2D eigenvalue weighted by Gasteiger charge is 2.20. The lowest BCUT2D eigenvalue weighted by atomic mass is 10.1. The fraction of sp³-hybridized carbons (Fsp3) is 0.188. The molecule has 110 valence electrons. The number of nitrogen functional groups attached to an aromatic ring is 1. The fourth-order valence-electron chi connectivity index (χ4n) is 2.11. The van der Waals surface area contributed by atoms with Crippen molar-refractivity contribution in [2.75, 3.05) is 12.8 Å². The van der Waals surface area contributed by atoms with Crippen molar-refractivity contribution in [3.05, 3.63) is 64.4 Å². The molecule has 5 heteroatoms. The standard InChI is InChI=1S/C16H16ClFN2O/c1-10(11-4-3-5-13(17)6-11)20(2)16(21)12-7-14(18)9-15(19)8-12/h3-10H,19H2,1-2H3. The molecule has 1 amide bonds. The van der Waals surface area contributed by atoms with Gasteiger partial charge in [0.1, 0.15) is 5.82 Å². The number of rotatable bonds is 3. The zero-order chi connectivity index (χ0) is 15.6. The monoisotopic (exact) mass is 306 g/mol. The van der Waals surface area contributed by atoms with Gasteiger partial charge in [0.15, 0.2) is 0 Å². The Kier molecular flexibility index (Phi) is 4.48. The van der Waals surface area contributed by atoms with E-state index in [1.165, 1.54) is 23.1 Å². The van der Waals surface area contributed by atoms with Crippen LogP contribution in [0, 0.1) is 5.82 Å². The minimum atomic E-state index is -0.526. The van der Waals surface area contributed by atoms with Crippen LogP contribution in [0.3, 0.4) is 0 Å². The van der Waals surface area contributed by atoms with E-state index in [1.54, 1.807) is 19.2 Å². The predicted molar refractivity (Wildman–Crippen MR) is 82.8 cm³/mol. The molecule has 0 heterocycles. The van der Waals surface area contributed by atoms with Gasteiger partial charge in [0.05, 0.1) is 6.04 Å². The molecule has 0 spiro atoms. The summed E-state index contributed by atoms with van der Waals surface area (Å²) in [6, 6.07) is 10.9.